The zero-order chi connectivity index (χ0) is 18.2. The van der Waals surface area contributed by atoms with Gasteiger partial charge in [-0.1, -0.05) is 37.6 Å². The Morgan fingerprint density at radius 2 is 1.80 bits per heavy atom. The molecule has 0 spiro atoms. The van der Waals surface area contributed by atoms with Gasteiger partial charge in [0.15, 0.2) is 11.5 Å². The first-order valence-corrected chi connectivity index (χ1v) is 8.96. The first-order valence-electron chi connectivity index (χ1n) is 8.58. The molecule has 2 rings (SSSR count). The fourth-order valence-corrected chi connectivity index (χ4v) is 2.60. The number of amides is 1. The lowest BCUT2D eigenvalue weighted by Gasteiger charge is -2.15. The largest absolute Gasteiger partial charge is 0.490 e. The van der Waals surface area contributed by atoms with Crippen LogP contribution in [0.4, 0.5) is 5.69 Å². The third-order valence-electron chi connectivity index (χ3n) is 3.64. The molecule has 25 heavy (non-hydrogen) atoms. The third-order valence-corrected chi connectivity index (χ3v) is 3.92. The molecule has 0 unspecified atom stereocenters. The number of carbonyl (C=O) groups is 1. The molecular weight excluding hydrogens is 338 g/mol. The summed E-state index contributed by atoms with van der Waals surface area (Å²) in [5, 5.41) is 3.24. The summed E-state index contributed by atoms with van der Waals surface area (Å²) < 4.78 is 11.3. The maximum absolute atomic E-state index is 12.5. The van der Waals surface area contributed by atoms with Crippen molar-refractivity contribution < 1.29 is 14.3 Å². The lowest BCUT2D eigenvalue weighted by Crippen LogP contribution is -2.13. The van der Waals surface area contributed by atoms with E-state index in [0.29, 0.717) is 35.3 Å². The molecule has 0 aliphatic heterocycles. The van der Waals surface area contributed by atoms with Crippen molar-refractivity contribution in [3.63, 3.8) is 0 Å². The molecule has 0 saturated heterocycles. The number of carbonyl (C=O) groups excluding carboxylic acids is 1. The lowest BCUT2D eigenvalue weighted by molar-refractivity contribution is 0.102. The second-order valence-corrected chi connectivity index (χ2v) is 5.98. The van der Waals surface area contributed by atoms with Crippen molar-refractivity contribution in [1.29, 1.82) is 0 Å². The Hall–Kier alpha value is -2.20. The van der Waals surface area contributed by atoms with Gasteiger partial charge < -0.3 is 14.8 Å². The van der Waals surface area contributed by atoms with Gasteiger partial charge in [0, 0.05) is 11.3 Å². The second kappa shape index (κ2) is 9.33. The molecule has 2 aromatic carbocycles. The summed E-state index contributed by atoms with van der Waals surface area (Å²) >= 11 is 6.31. The number of benzene rings is 2. The van der Waals surface area contributed by atoms with Gasteiger partial charge in [0.2, 0.25) is 0 Å². The molecule has 0 aliphatic carbocycles. The van der Waals surface area contributed by atoms with E-state index in [4.69, 9.17) is 21.1 Å². The number of hydrogen-bond donors (Lipinski definition) is 1. The maximum Gasteiger partial charge on any atom is 0.255 e. The number of hydrogen-bond acceptors (Lipinski definition) is 3. The minimum atomic E-state index is -0.242. The Morgan fingerprint density at radius 1 is 1.08 bits per heavy atom. The smallest absolute Gasteiger partial charge is 0.255 e. The van der Waals surface area contributed by atoms with Crippen LogP contribution >= 0.6 is 11.6 Å². The van der Waals surface area contributed by atoms with E-state index in [0.717, 1.165) is 18.5 Å². The Kier molecular flexibility index (Phi) is 7.14. The van der Waals surface area contributed by atoms with E-state index in [2.05, 4.69) is 12.2 Å². The van der Waals surface area contributed by atoms with E-state index in [1.807, 2.05) is 38.1 Å². The van der Waals surface area contributed by atoms with E-state index in [1.54, 1.807) is 12.1 Å². The highest BCUT2D eigenvalue weighted by atomic mass is 35.5. The van der Waals surface area contributed by atoms with Crippen molar-refractivity contribution in [2.24, 2.45) is 0 Å². The average Bonchev–Trinajstić information content (AvgIpc) is 2.61. The second-order valence-electron chi connectivity index (χ2n) is 5.57. The standard InChI is InChI=1S/C20H24ClNO3/c1-4-11-25-19-17(21)12-15(13-18(19)24-6-3)20(23)22-16-9-7-14(5-2)8-10-16/h7-10,12-13H,4-6,11H2,1-3H3,(H,22,23). The van der Waals surface area contributed by atoms with E-state index < -0.39 is 0 Å². The van der Waals surface area contributed by atoms with Gasteiger partial charge in [-0.25, -0.2) is 0 Å². The molecular formula is C20H24ClNO3. The number of aryl methyl sites for hydroxylation is 1. The summed E-state index contributed by atoms with van der Waals surface area (Å²) in [7, 11) is 0. The predicted octanol–water partition coefficient (Wildman–Crippen LogP) is 5.34. The molecule has 2 aromatic rings. The minimum Gasteiger partial charge on any atom is -0.490 e. The molecule has 0 aliphatic rings. The van der Waals surface area contributed by atoms with E-state index >= 15 is 0 Å². The molecule has 0 aromatic heterocycles. The summed E-state index contributed by atoms with van der Waals surface area (Å²) in [6, 6.07) is 11.0. The van der Waals surface area contributed by atoms with Crippen LogP contribution in [-0.2, 0) is 6.42 Å². The van der Waals surface area contributed by atoms with Crippen molar-refractivity contribution in [3.8, 4) is 11.5 Å². The van der Waals surface area contributed by atoms with Gasteiger partial charge >= 0.3 is 0 Å². The Morgan fingerprint density at radius 3 is 2.40 bits per heavy atom. The fourth-order valence-electron chi connectivity index (χ4n) is 2.33. The number of halogens is 1. The Labute approximate surface area is 154 Å². The van der Waals surface area contributed by atoms with E-state index in [9.17, 15) is 4.79 Å². The number of nitrogens with one attached hydrogen (secondary N) is 1. The van der Waals surface area contributed by atoms with Crippen molar-refractivity contribution in [1.82, 2.24) is 0 Å². The summed E-state index contributed by atoms with van der Waals surface area (Å²) in [5.74, 6) is 0.721. The van der Waals surface area contributed by atoms with Crippen LogP contribution in [0.2, 0.25) is 5.02 Å². The van der Waals surface area contributed by atoms with Gasteiger partial charge in [-0.15, -0.1) is 0 Å². The summed E-state index contributed by atoms with van der Waals surface area (Å²) in [5.41, 5.74) is 2.39. The monoisotopic (exact) mass is 361 g/mol. The molecule has 0 radical (unpaired) electrons. The molecule has 1 N–H and O–H groups in total. The van der Waals surface area contributed by atoms with Gasteiger partial charge in [0.25, 0.3) is 5.91 Å². The zero-order valence-electron chi connectivity index (χ0n) is 14.9. The third kappa shape index (κ3) is 5.13. The summed E-state index contributed by atoms with van der Waals surface area (Å²) in [4.78, 5) is 12.5. The van der Waals surface area contributed by atoms with Crippen LogP contribution in [0.5, 0.6) is 11.5 Å². The van der Waals surface area contributed by atoms with Crippen LogP contribution in [0.15, 0.2) is 36.4 Å². The van der Waals surface area contributed by atoms with Crippen LogP contribution in [0.1, 0.15) is 43.1 Å². The van der Waals surface area contributed by atoms with Gasteiger partial charge in [0.1, 0.15) is 0 Å². The average molecular weight is 362 g/mol. The van der Waals surface area contributed by atoms with Crippen molar-refractivity contribution in [2.45, 2.75) is 33.6 Å². The van der Waals surface area contributed by atoms with Gasteiger partial charge in [-0.3, -0.25) is 4.79 Å². The normalized spacial score (nSPS) is 10.4. The predicted molar refractivity (Wildman–Crippen MR) is 102 cm³/mol. The highest BCUT2D eigenvalue weighted by molar-refractivity contribution is 6.32. The van der Waals surface area contributed by atoms with E-state index in [-0.39, 0.29) is 5.91 Å². The Balaban J connectivity index is 2.22. The molecule has 134 valence electrons. The number of rotatable bonds is 8. The highest BCUT2D eigenvalue weighted by Crippen LogP contribution is 2.37. The molecule has 0 fully saturated rings. The van der Waals surface area contributed by atoms with Crippen LogP contribution in [0, 0.1) is 0 Å². The molecule has 0 heterocycles. The zero-order valence-corrected chi connectivity index (χ0v) is 15.7. The molecule has 4 nitrogen and oxygen atoms in total. The summed E-state index contributed by atoms with van der Waals surface area (Å²) in [6.07, 6.45) is 1.82. The van der Waals surface area contributed by atoms with Crippen LogP contribution in [-0.4, -0.2) is 19.1 Å². The number of ether oxygens (including phenoxy) is 2. The van der Waals surface area contributed by atoms with Crippen molar-refractivity contribution in [2.75, 3.05) is 18.5 Å². The molecule has 5 heteroatoms. The van der Waals surface area contributed by atoms with Crippen LogP contribution < -0.4 is 14.8 Å². The summed E-state index contributed by atoms with van der Waals surface area (Å²) in [6.45, 7) is 6.98. The van der Waals surface area contributed by atoms with Crippen molar-refractivity contribution >= 4 is 23.2 Å². The molecule has 0 saturated carbocycles. The van der Waals surface area contributed by atoms with Gasteiger partial charge in [0.05, 0.1) is 18.2 Å². The van der Waals surface area contributed by atoms with Crippen LogP contribution in [0.25, 0.3) is 0 Å². The Bertz CT molecular complexity index is 714. The fraction of sp³-hybridized carbons (Fsp3) is 0.350. The quantitative estimate of drug-likeness (QED) is 0.690. The first-order chi connectivity index (χ1) is 12.1. The maximum atomic E-state index is 12.5. The van der Waals surface area contributed by atoms with Gasteiger partial charge in [-0.05, 0) is 49.6 Å². The lowest BCUT2D eigenvalue weighted by atomic mass is 10.1. The van der Waals surface area contributed by atoms with Gasteiger partial charge in [-0.2, -0.15) is 0 Å². The molecule has 1 amide bonds. The van der Waals surface area contributed by atoms with Crippen molar-refractivity contribution in [3.05, 3.63) is 52.5 Å². The number of anilines is 1. The SMILES string of the molecule is CCCOc1c(Cl)cc(C(=O)Nc2ccc(CC)cc2)cc1OCC. The molecule has 0 atom stereocenters. The first kappa shape index (κ1) is 19.1. The minimum absolute atomic E-state index is 0.242. The van der Waals surface area contributed by atoms with E-state index in [1.165, 1.54) is 5.56 Å². The topological polar surface area (TPSA) is 47.6 Å². The highest BCUT2D eigenvalue weighted by Gasteiger charge is 2.16. The van der Waals surface area contributed by atoms with Crippen LogP contribution in [0.3, 0.4) is 0 Å². The molecule has 0 bridgehead atoms.